The SMILES string of the molecule is CC1(C)c2ccccc2-c2ccc(N(c3cccc(-c4cccc(-c5ccc(C6CCCCC6)cc5)c4)c3)c3cccc(C4CCCCC4)c3)cc21. The van der Waals surface area contributed by atoms with Crippen LogP contribution in [0.15, 0.2) is 140 Å². The maximum Gasteiger partial charge on any atom is 0.0467 e. The highest BCUT2D eigenvalue weighted by molar-refractivity contribution is 5.86. The van der Waals surface area contributed by atoms with E-state index in [1.165, 1.54) is 137 Å². The highest BCUT2D eigenvalue weighted by Crippen LogP contribution is 2.51. The quantitative estimate of drug-likeness (QED) is 0.163. The van der Waals surface area contributed by atoms with E-state index in [2.05, 4.69) is 158 Å². The standard InChI is InChI=1S/C51H51N/c1-51(2)49-25-10-9-24-47(49)48-31-30-46(35-50(48)51)52(44-22-12-20-42(33-44)37-16-7-4-8-17-37)45-23-13-21-43(34-45)41-19-11-18-40(32-41)39-28-26-38(27-29-39)36-14-5-3-6-15-36/h9-13,18-37H,3-8,14-17H2,1-2H3. The van der Waals surface area contributed by atoms with Crippen LogP contribution in [0.25, 0.3) is 33.4 Å². The molecule has 9 rings (SSSR count). The average molecular weight is 678 g/mol. The Morgan fingerprint density at radius 3 is 1.69 bits per heavy atom. The molecule has 1 heteroatoms. The van der Waals surface area contributed by atoms with E-state index in [-0.39, 0.29) is 5.41 Å². The van der Waals surface area contributed by atoms with Gasteiger partial charge >= 0.3 is 0 Å². The molecule has 0 amide bonds. The van der Waals surface area contributed by atoms with Gasteiger partial charge in [0.15, 0.2) is 0 Å². The van der Waals surface area contributed by atoms with E-state index >= 15 is 0 Å². The van der Waals surface area contributed by atoms with Gasteiger partial charge in [-0.2, -0.15) is 0 Å². The minimum Gasteiger partial charge on any atom is -0.310 e. The summed E-state index contributed by atoms with van der Waals surface area (Å²) in [5, 5.41) is 0. The normalized spacial score (nSPS) is 17.0. The third-order valence-corrected chi connectivity index (χ3v) is 12.7. The van der Waals surface area contributed by atoms with Crippen molar-refractivity contribution in [2.75, 3.05) is 4.90 Å². The third-order valence-electron chi connectivity index (χ3n) is 12.7. The number of nitrogens with zero attached hydrogens (tertiary/aromatic N) is 1. The van der Waals surface area contributed by atoms with E-state index < -0.39 is 0 Å². The predicted molar refractivity (Wildman–Crippen MR) is 221 cm³/mol. The number of hydrogen-bond donors (Lipinski definition) is 0. The zero-order valence-corrected chi connectivity index (χ0v) is 31.0. The van der Waals surface area contributed by atoms with Crippen molar-refractivity contribution in [3.8, 4) is 33.4 Å². The van der Waals surface area contributed by atoms with Gasteiger partial charge < -0.3 is 4.90 Å². The van der Waals surface area contributed by atoms with Gasteiger partial charge in [-0.05, 0) is 136 Å². The largest absolute Gasteiger partial charge is 0.310 e. The Morgan fingerprint density at radius 2 is 0.962 bits per heavy atom. The maximum absolute atomic E-state index is 2.50. The molecular weight excluding hydrogens is 627 g/mol. The van der Waals surface area contributed by atoms with Gasteiger partial charge in [0.05, 0.1) is 0 Å². The molecule has 0 radical (unpaired) electrons. The monoisotopic (exact) mass is 677 g/mol. The highest BCUT2D eigenvalue weighted by atomic mass is 15.1. The lowest BCUT2D eigenvalue weighted by molar-refractivity contribution is 0.443. The molecular formula is C51H51N. The first-order valence-electron chi connectivity index (χ1n) is 20.0. The molecule has 0 saturated heterocycles. The molecule has 0 spiro atoms. The fourth-order valence-corrected chi connectivity index (χ4v) is 9.72. The Balaban J connectivity index is 1.10. The Morgan fingerprint density at radius 1 is 0.404 bits per heavy atom. The van der Waals surface area contributed by atoms with Gasteiger partial charge in [0, 0.05) is 22.5 Å². The summed E-state index contributed by atoms with van der Waals surface area (Å²) in [4.78, 5) is 2.50. The molecule has 260 valence electrons. The van der Waals surface area contributed by atoms with E-state index in [9.17, 15) is 0 Å². The number of hydrogen-bond acceptors (Lipinski definition) is 1. The molecule has 0 aliphatic heterocycles. The zero-order chi connectivity index (χ0) is 35.1. The van der Waals surface area contributed by atoms with Gasteiger partial charge in [-0.1, -0.05) is 149 Å². The van der Waals surface area contributed by atoms with Crippen molar-refractivity contribution < 1.29 is 0 Å². The van der Waals surface area contributed by atoms with Crippen LogP contribution in [-0.4, -0.2) is 0 Å². The Kier molecular flexibility index (Phi) is 8.83. The zero-order valence-electron chi connectivity index (χ0n) is 31.0. The van der Waals surface area contributed by atoms with Crippen LogP contribution in [0, 0.1) is 0 Å². The predicted octanol–water partition coefficient (Wildman–Crippen LogP) is 14.9. The van der Waals surface area contributed by atoms with Crippen LogP contribution in [-0.2, 0) is 5.41 Å². The molecule has 3 aliphatic carbocycles. The van der Waals surface area contributed by atoms with E-state index in [0.717, 1.165) is 5.92 Å². The van der Waals surface area contributed by atoms with Gasteiger partial charge in [0.2, 0.25) is 0 Å². The Bertz CT molecular complexity index is 2190. The van der Waals surface area contributed by atoms with E-state index in [4.69, 9.17) is 0 Å². The summed E-state index contributed by atoms with van der Waals surface area (Å²) in [5.74, 6) is 1.38. The van der Waals surface area contributed by atoms with Gasteiger partial charge in [-0.15, -0.1) is 0 Å². The number of anilines is 3. The van der Waals surface area contributed by atoms with Crippen molar-refractivity contribution >= 4 is 17.1 Å². The van der Waals surface area contributed by atoms with Gasteiger partial charge in [-0.25, -0.2) is 0 Å². The lowest BCUT2D eigenvalue weighted by atomic mass is 9.82. The van der Waals surface area contributed by atoms with Crippen molar-refractivity contribution in [2.24, 2.45) is 0 Å². The topological polar surface area (TPSA) is 3.24 Å². The summed E-state index contributed by atoms with van der Waals surface area (Å²) in [5.41, 5.74) is 17.2. The summed E-state index contributed by atoms with van der Waals surface area (Å²) >= 11 is 0. The highest BCUT2D eigenvalue weighted by Gasteiger charge is 2.35. The second kappa shape index (κ2) is 13.9. The van der Waals surface area contributed by atoms with Crippen LogP contribution in [0.5, 0.6) is 0 Å². The van der Waals surface area contributed by atoms with Crippen molar-refractivity contribution in [1.29, 1.82) is 0 Å². The molecule has 1 nitrogen and oxygen atoms in total. The van der Waals surface area contributed by atoms with Gasteiger partial charge in [-0.3, -0.25) is 0 Å². The second-order valence-corrected chi connectivity index (χ2v) is 16.3. The second-order valence-electron chi connectivity index (χ2n) is 16.3. The van der Waals surface area contributed by atoms with E-state index in [1.54, 1.807) is 0 Å². The van der Waals surface area contributed by atoms with Crippen LogP contribution < -0.4 is 4.90 Å². The summed E-state index contributed by atoms with van der Waals surface area (Å²) in [7, 11) is 0. The first-order valence-corrected chi connectivity index (χ1v) is 20.0. The summed E-state index contributed by atoms with van der Waals surface area (Å²) in [6, 6.07) is 53.3. The molecule has 0 aromatic heterocycles. The van der Waals surface area contributed by atoms with Crippen LogP contribution >= 0.6 is 0 Å². The first kappa shape index (κ1) is 33.0. The van der Waals surface area contributed by atoms with Crippen LogP contribution in [0.4, 0.5) is 17.1 Å². The van der Waals surface area contributed by atoms with Gasteiger partial charge in [0.25, 0.3) is 0 Å². The molecule has 2 fully saturated rings. The molecule has 3 aliphatic rings. The van der Waals surface area contributed by atoms with E-state index in [1.807, 2.05) is 0 Å². The van der Waals surface area contributed by atoms with Crippen molar-refractivity contribution in [3.05, 3.63) is 162 Å². The molecule has 6 aromatic carbocycles. The molecule has 52 heavy (non-hydrogen) atoms. The molecule has 0 unspecified atom stereocenters. The molecule has 0 N–H and O–H groups in total. The van der Waals surface area contributed by atoms with Crippen molar-refractivity contribution in [3.63, 3.8) is 0 Å². The summed E-state index contributed by atoms with van der Waals surface area (Å²) in [6.45, 7) is 4.76. The number of fused-ring (bicyclic) bond motifs is 3. The lowest BCUT2D eigenvalue weighted by Crippen LogP contribution is -2.16. The fraction of sp³-hybridized carbons (Fsp3) is 0.294. The van der Waals surface area contributed by atoms with E-state index in [0.29, 0.717) is 5.92 Å². The van der Waals surface area contributed by atoms with Crippen molar-refractivity contribution in [2.45, 2.75) is 95.3 Å². The summed E-state index contributed by atoms with van der Waals surface area (Å²) < 4.78 is 0. The fourth-order valence-electron chi connectivity index (χ4n) is 9.72. The number of benzene rings is 6. The van der Waals surface area contributed by atoms with Crippen LogP contribution in [0.1, 0.15) is 112 Å². The van der Waals surface area contributed by atoms with Crippen molar-refractivity contribution in [1.82, 2.24) is 0 Å². The van der Waals surface area contributed by atoms with Crippen LogP contribution in [0.2, 0.25) is 0 Å². The minimum absolute atomic E-state index is 0.0611. The maximum atomic E-state index is 2.50. The lowest BCUT2D eigenvalue weighted by Gasteiger charge is -2.30. The van der Waals surface area contributed by atoms with Crippen LogP contribution in [0.3, 0.4) is 0 Å². The molecule has 0 heterocycles. The van der Waals surface area contributed by atoms with Gasteiger partial charge in [0.1, 0.15) is 0 Å². The smallest absolute Gasteiger partial charge is 0.0467 e. The molecule has 0 bridgehead atoms. The Hall–Kier alpha value is -4.88. The minimum atomic E-state index is -0.0611. The molecule has 6 aromatic rings. The summed E-state index contributed by atoms with van der Waals surface area (Å²) in [6.07, 6.45) is 13.4. The molecule has 0 atom stereocenters. The average Bonchev–Trinajstić information content (AvgIpc) is 3.44. The number of rotatable bonds is 7. The molecule has 2 saturated carbocycles. The third kappa shape index (κ3) is 6.19. The Labute approximate surface area is 311 Å². The first-order chi connectivity index (χ1) is 25.5.